The standard InChI is InChI=1S/C7H9N3O/c8-7(1-2-7)5-3-6(11)10-9-4-5/h3-4H,1-2,8H2,(H,10,11). The maximum atomic E-state index is 10.8. The Labute approximate surface area is 63.4 Å². The minimum absolute atomic E-state index is 0.181. The average molecular weight is 151 g/mol. The second-order valence-electron chi connectivity index (χ2n) is 2.99. The molecule has 2 rings (SSSR count). The largest absolute Gasteiger partial charge is 0.321 e. The molecule has 0 spiro atoms. The highest BCUT2D eigenvalue weighted by Crippen LogP contribution is 2.41. The van der Waals surface area contributed by atoms with Crippen molar-refractivity contribution in [2.24, 2.45) is 5.73 Å². The van der Waals surface area contributed by atoms with Gasteiger partial charge in [0.25, 0.3) is 5.56 Å². The van der Waals surface area contributed by atoms with Gasteiger partial charge in [-0.15, -0.1) is 0 Å². The number of hydrogen-bond acceptors (Lipinski definition) is 3. The fourth-order valence-electron chi connectivity index (χ4n) is 1.07. The molecule has 4 heteroatoms. The lowest BCUT2D eigenvalue weighted by atomic mass is 10.1. The summed E-state index contributed by atoms with van der Waals surface area (Å²) in [7, 11) is 0. The van der Waals surface area contributed by atoms with Gasteiger partial charge in [-0.25, -0.2) is 5.10 Å². The van der Waals surface area contributed by atoms with Crippen LogP contribution in [-0.2, 0) is 5.54 Å². The van der Waals surface area contributed by atoms with E-state index < -0.39 is 0 Å². The van der Waals surface area contributed by atoms with Gasteiger partial charge in [-0.3, -0.25) is 4.79 Å². The van der Waals surface area contributed by atoms with Gasteiger partial charge in [-0.05, 0) is 18.4 Å². The van der Waals surface area contributed by atoms with E-state index in [1.54, 1.807) is 6.20 Å². The summed E-state index contributed by atoms with van der Waals surface area (Å²) in [5.74, 6) is 0. The molecule has 1 aromatic heterocycles. The molecule has 0 aliphatic heterocycles. The zero-order valence-corrected chi connectivity index (χ0v) is 6.00. The summed E-state index contributed by atoms with van der Waals surface area (Å²) in [5, 5.41) is 5.98. The van der Waals surface area contributed by atoms with Crippen LogP contribution in [0.15, 0.2) is 17.1 Å². The monoisotopic (exact) mass is 151 g/mol. The highest BCUT2D eigenvalue weighted by atomic mass is 16.1. The number of H-pyrrole nitrogens is 1. The zero-order chi connectivity index (χ0) is 7.90. The maximum Gasteiger partial charge on any atom is 0.264 e. The van der Waals surface area contributed by atoms with E-state index in [9.17, 15) is 4.79 Å². The lowest BCUT2D eigenvalue weighted by Gasteiger charge is -2.05. The van der Waals surface area contributed by atoms with Gasteiger partial charge in [0.05, 0.1) is 6.20 Å². The van der Waals surface area contributed by atoms with Crippen LogP contribution in [0.1, 0.15) is 18.4 Å². The van der Waals surface area contributed by atoms with Crippen LogP contribution in [0.4, 0.5) is 0 Å². The Hall–Kier alpha value is -1.16. The van der Waals surface area contributed by atoms with Crippen molar-refractivity contribution >= 4 is 0 Å². The van der Waals surface area contributed by atoms with Crippen LogP contribution in [0.25, 0.3) is 0 Å². The second kappa shape index (κ2) is 1.92. The predicted molar refractivity (Wildman–Crippen MR) is 40.0 cm³/mol. The molecular weight excluding hydrogens is 142 g/mol. The minimum Gasteiger partial charge on any atom is -0.321 e. The average Bonchev–Trinajstić information content (AvgIpc) is 2.70. The molecular formula is C7H9N3O. The van der Waals surface area contributed by atoms with E-state index in [1.165, 1.54) is 6.07 Å². The summed E-state index contributed by atoms with van der Waals surface area (Å²) in [6, 6.07) is 1.51. The summed E-state index contributed by atoms with van der Waals surface area (Å²) in [5.41, 5.74) is 6.26. The molecule has 0 unspecified atom stereocenters. The molecule has 3 N–H and O–H groups in total. The Morgan fingerprint density at radius 3 is 2.91 bits per heavy atom. The number of aromatic amines is 1. The summed E-state index contributed by atoms with van der Waals surface area (Å²) < 4.78 is 0. The van der Waals surface area contributed by atoms with E-state index in [2.05, 4.69) is 10.2 Å². The van der Waals surface area contributed by atoms with E-state index in [0.717, 1.165) is 18.4 Å². The third kappa shape index (κ3) is 1.05. The Balaban J connectivity index is 2.46. The molecule has 0 aromatic carbocycles. The van der Waals surface area contributed by atoms with Crippen LogP contribution in [0.2, 0.25) is 0 Å². The molecule has 1 aromatic rings. The van der Waals surface area contributed by atoms with Crippen molar-refractivity contribution in [1.82, 2.24) is 10.2 Å². The van der Waals surface area contributed by atoms with Crippen molar-refractivity contribution in [1.29, 1.82) is 0 Å². The first-order valence-electron chi connectivity index (χ1n) is 3.55. The Kier molecular flexibility index (Phi) is 1.14. The Morgan fingerprint density at radius 1 is 1.64 bits per heavy atom. The van der Waals surface area contributed by atoms with Gasteiger partial charge in [0, 0.05) is 11.6 Å². The van der Waals surface area contributed by atoms with Crippen molar-refractivity contribution < 1.29 is 0 Å². The van der Waals surface area contributed by atoms with Crippen molar-refractivity contribution in [3.05, 3.63) is 28.2 Å². The molecule has 1 saturated carbocycles. The highest BCUT2D eigenvalue weighted by Gasteiger charge is 2.40. The molecule has 1 fully saturated rings. The van der Waals surface area contributed by atoms with Gasteiger partial charge in [0.2, 0.25) is 0 Å². The summed E-state index contributed by atoms with van der Waals surface area (Å²) in [4.78, 5) is 10.8. The summed E-state index contributed by atoms with van der Waals surface area (Å²) >= 11 is 0. The predicted octanol–water partition coefficient (Wildman–Crippen LogP) is -0.282. The molecule has 58 valence electrons. The number of rotatable bonds is 1. The van der Waals surface area contributed by atoms with E-state index >= 15 is 0 Å². The van der Waals surface area contributed by atoms with Crippen LogP contribution in [-0.4, -0.2) is 10.2 Å². The number of nitrogens with one attached hydrogen (secondary N) is 1. The van der Waals surface area contributed by atoms with Gasteiger partial charge in [0.1, 0.15) is 0 Å². The SMILES string of the molecule is NC1(c2cn[nH]c(=O)c2)CC1. The lowest BCUT2D eigenvalue weighted by Crippen LogP contribution is -2.22. The fourth-order valence-corrected chi connectivity index (χ4v) is 1.07. The van der Waals surface area contributed by atoms with Gasteiger partial charge in [-0.2, -0.15) is 5.10 Å². The zero-order valence-electron chi connectivity index (χ0n) is 6.00. The van der Waals surface area contributed by atoms with E-state index in [4.69, 9.17) is 5.73 Å². The highest BCUT2D eigenvalue weighted by molar-refractivity contribution is 5.24. The summed E-state index contributed by atoms with van der Waals surface area (Å²) in [6.07, 6.45) is 3.53. The molecule has 4 nitrogen and oxygen atoms in total. The van der Waals surface area contributed by atoms with Crippen LogP contribution in [0.3, 0.4) is 0 Å². The normalized spacial score (nSPS) is 19.7. The second-order valence-corrected chi connectivity index (χ2v) is 2.99. The molecule has 1 aliphatic rings. The molecule has 1 aliphatic carbocycles. The van der Waals surface area contributed by atoms with E-state index in [0.29, 0.717) is 0 Å². The molecule has 0 saturated heterocycles. The molecule has 1 heterocycles. The number of hydrogen-bond donors (Lipinski definition) is 2. The van der Waals surface area contributed by atoms with Gasteiger partial charge in [0.15, 0.2) is 0 Å². The topological polar surface area (TPSA) is 71.8 Å². The molecule has 0 atom stereocenters. The van der Waals surface area contributed by atoms with E-state index in [-0.39, 0.29) is 11.1 Å². The van der Waals surface area contributed by atoms with Crippen molar-refractivity contribution in [3.63, 3.8) is 0 Å². The fraction of sp³-hybridized carbons (Fsp3) is 0.429. The summed E-state index contributed by atoms with van der Waals surface area (Å²) in [6.45, 7) is 0. The van der Waals surface area contributed by atoms with Crippen molar-refractivity contribution in [3.8, 4) is 0 Å². The third-order valence-corrected chi connectivity index (χ3v) is 2.03. The van der Waals surface area contributed by atoms with E-state index in [1.807, 2.05) is 0 Å². The van der Waals surface area contributed by atoms with Gasteiger partial charge in [-0.1, -0.05) is 0 Å². The first-order valence-corrected chi connectivity index (χ1v) is 3.55. The molecule has 11 heavy (non-hydrogen) atoms. The Morgan fingerprint density at radius 2 is 2.36 bits per heavy atom. The maximum absolute atomic E-state index is 10.8. The quantitative estimate of drug-likeness (QED) is 0.579. The van der Waals surface area contributed by atoms with Gasteiger partial charge >= 0.3 is 0 Å². The third-order valence-electron chi connectivity index (χ3n) is 2.03. The molecule has 0 bridgehead atoms. The van der Waals surface area contributed by atoms with Crippen molar-refractivity contribution in [2.75, 3.05) is 0 Å². The van der Waals surface area contributed by atoms with Crippen molar-refractivity contribution in [2.45, 2.75) is 18.4 Å². The lowest BCUT2D eigenvalue weighted by molar-refractivity contribution is 0.724. The smallest absolute Gasteiger partial charge is 0.264 e. The number of aromatic nitrogens is 2. The minimum atomic E-state index is -0.249. The van der Waals surface area contributed by atoms with Crippen LogP contribution in [0, 0.1) is 0 Å². The molecule has 0 amide bonds. The first-order chi connectivity index (χ1) is 5.21. The van der Waals surface area contributed by atoms with Crippen LogP contribution >= 0.6 is 0 Å². The molecule has 0 radical (unpaired) electrons. The van der Waals surface area contributed by atoms with Crippen LogP contribution < -0.4 is 11.3 Å². The number of nitrogens with two attached hydrogens (primary N) is 1. The first kappa shape index (κ1) is 6.54. The van der Waals surface area contributed by atoms with Crippen LogP contribution in [0.5, 0.6) is 0 Å². The Bertz CT molecular complexity index is 326. The number of nitrogens with zero attached hydrogens (tertiary/aromatic N) is 1. The van der Waals surface area contributed by atoms with Gasteiger partial charge < -0.3 is 5.73 Å².